The molecule has 1 heteroatoms. The van der Waals surface area contributed by atoms with E-state index in [1.165, 1.54) is 72.4 Å². The molecular formula is C41H31N. The second-order valence-electron chi connectivity index (χ2n) is 11.8. The van der Waals surface area contributed by atoms with Crippen molar-refractivity contribution in [3.8, 4) is 50.2 Å². The van der Waals surface area contributed by atoms with Gasteiger partial charge < -0.3 is 4.57 Å². The molecule has 1 aliphatic carbocycles. The molecule has 42 heavy (non-hydrogen) atoms. The molecule has 0 saturated carbocycles. The summed E-state index contributed by atoms with van der Waals surface area (Å²) in [6, 6.07) is 55.2. The van der Waals surface area contributed by atoms with E-state index in [4.69, 9.17) is 0 Å². The van der Waals surface area contributed by atoms with Gasteiger partial charge in [0.05, 0.1) is 5.52 Å². The molecule has 0 aliphatic heterocycles. The van der Waals surface area contributed by atoms with E-state index < -0.39 is 0 Å². The van der Waals surface area contributed by atoms with Crippen LogP contribution in [0.25, 0.3) is 61.1 Å². The van der Waals surface area contributed by atoms with Crippen molar-refractivity contribution in [1.29, 1.82) is 0 Å². The van der Waals surface area contributed by atoms with Gasteiger partial charge in [-0.3, -0.25) is 0 Å². The van der Waals surface area contributed by atoms with Gasteiger partial charge in [0.2, 0.25) is 0 Å². The minimum Gasteiger partial charge on any atom is -0.312 e. The lowest BCUT2D eigenvalue weighted by atomic mass is 9.85. The Bertz CT molecular complexity index is 2020. The van der Waals surface area contributed by atoms with E-state index in [9.17, 15) is 0 Å². The minimum absolute atomic E-state index is 0.0990. The second-order valence-corrected chi connectivity index (χ2v) is 11.8. The molecule has 7 aromatic rings. The monoisotopic (exact) mass is 537 g/mol. The summed E-state index contributed by atoms with van der Waals surface area (Å²) < 4.78 is 2.49. The average Bonchev–Trinajstić information content (AvgIpc) is 3.52. The highest BCUT2D eigenvalue weighted by Crippen LogP contribution is 2.53. The summed E-state index contributed by atoms with van der Waals surface area (Å²) in [7, 11) is 0. The van der Waals surface area contributed by atoms with Crippen LogP contribution in [0.5, 0.6) is 0 Å². The fourth-order valence-electron chi connectivity index (χ4n) is 6.94. The molecule has 0 amide bonds. The Morgan fingerprint density at radius 2 is 0.952 bits per heavy atom. The smallest absolute Gasteiger partial charge is 0.0538 e. The molecule has 8 rings (SSSR count). The number of benzene rings is 6. The van der Waals surface area contributed by atoms with Crippen molar-refractivity contribution < 1.29 is 0 Å². The Hall–Kier alpha value is -5.14. The first-order chi connectivity index (χ1) is 20.6. The van der Waals surface area contributed by atoms with Crippen LogP contribution in [0.3, 0.4) is 0 Å². The van der Waals surface area contributed by atoms with Gasteiger partial charge in [-0.15, -0.1) is 0 Å². The van der Waals surface area contributed by atoms with Crippen LogP contribution in [0.4, 0.5) is 0 Å². The lowest BCUT2D eigenvalue weighted by Gasteiger charge is -2.24. The van der Waals surface area contributed by atoms with Crippen molar-refractivity contribution in [1.82, 2.24) is 4.57 Å². The predicted molar refractivity (Wildman–Crippen MR) is 177 cm³/mol. The van der Waals surface area contributed by atoms with Crippen LogP contribution in [0.15, 0.2) is 152 Å². The summed E-state index contributed by atoms with van der Waals surface area (Å²) in [4.78, 5) is 0. The molecule has 0 radical (unpaired) electrons. The molecule has 1 aliphatic rings. The summed E-state index contributed by atoms with van der Waals surface area (Å²) in [5.74, 6) is 0. The van der Waals surface area contributed by atoms with Crippen LogP contribution < -0.4 is 0 Å². The molecule has 0 unspecified atom stereocenters. The first-order valence-electron chi connectivity index (χ1n) is 14.7. The summed E-state index contributed by atoms with van der Waals surface area (Å²) in [5.41, 5.74) is 15.2. The number of rotatable bonds is 4. The van der Waals surface area contributed by atoms with E-state index in [1.54, 1.807) is 0 Å². The van der Waals surface area contributed by atoms with Crippen molar-refractivity contribution in [3.63, 3.8) is 0 Å². The topological polar surface area (TPSA) is 4.93 Å². The van der Waals surface area contributed by atoms with E-state index in [1.807, 2.05) is 0 Å². The van der Waals surface area contributed by atoms with Gasteiger partial charge in [-0.1, -0.05) is 129 Å². The SMILES string of the molecule is CC1(C)c2ccccc2-c2c1n(-c1ccc(-c3cc(-c4ccccc4)cc(-c4ccccc4)c3)cc1)c1ccccc21. The third-order valence-electron chi connectivity index (χ3n) is 8.94. The van der Waals surface area contributed by atoms with Crippen LogP contribution >= 0.6 is 0 Å². The number of hydrogen-bond acceptors (Lipinski definition) is 0. The predicted octanol–water partition coefficient (Wildman–Crippen LogP) is 10.9. The third kappa shape index (κ3) is 3.78. The maximum Gasteiger partial charge on any atom is 0.0538 e. The van der Waals surface area contributed by atoms with Gasteiger partial charge in [-0.25, -0.2) is 0 Å². The Balaban J connectivity index is 1.28. The van der Waals surface area contributed by atoms with E-state index >= 15 is 0 Å². The van der Waals surface area contributed by atoms with Crippen molar-refractivity contribution in [2.75, 3.05) is 0 Å². The molecular weight excluding hydrogens is 506 g/mol. The van der Waals surface area contributed by atoms with E-state index in [0.29, 0.717) is 0 Å². The van der Waals surface area contributed by atoms with Crippen LogP contribution in [0.2, 0.25) is 0 Å². The Labute approximate surface area is 247 Å². The standard InChI is InChI=1S/C41H31N/c1-41(2)37-19-11-9-17-35(37)39-36-18-10-12-20-38(36)42(40(39)41)34-23-21-30(22-24-34)33-26-31(28-13-5-3-6-14-28)25-32(27-33)29-15-7-4-8-16-29/h3-27H,1-2H3. The number of nitrogens with zero attached hydrogens (tertiary/aromatic N) is 1. The van der Waals surface area contributed by atoms with Crippen LogP contribution in [-0.4, -0.2) is 4.57 Å². The second kappa shape index (κ2) is 9.46. The highest BCUT2D eigenvalue weighted by atomic mass is 15.0. The van der Waals surface area contributed by atoms with Crippen molar-refractivity contribution >= 4 is 10.9 Å². The number of hydrogen-bond donors (Lipinski definition) is 0. The zero-order valence-corrected chi connectivity index (χ0v) is 23.9. The Morgan fingerprint density at radius 3 is 1.57 bits per heavy atom. The largest absolute Gasteiger partial charge is 0.312 e. The number of fused-ring (bicyclic) bond motifs is 5. The summed E-state index contributed by atoms with van der Waals surface area (Å²) in [6.07, 6.45) is 0. The van der Waals surface area contributed by atoms with E-state index in [-0.39, 0.29) is 5.41 Å². The van der Waals surface area contributed by atoms with Gasteiger partial charge in [0.15, 0.2) is 0 Å². The Kier molecular flexibility index (Phi) is 5.55. The minimum atomic E-state index is -0.0990. The molecule has 0 bridgehead atoms. The van der Waals surface area contributed by atoms with Crippen LogP contribution in [-0.2, 0) is 5.41 Å². The lowest BCUT2D eigenvalue weighted by Crippen LogP contribution is -2.19. The summed E-state index contributed by atoms with van der Waals surface area (Å²) >= 11 is 0. The number of para-hydroxylation sites is 1. The molecule has 1 heterocycles. The normalized spacial score (nSPS) is 13.2. The first kappa shape index (κ1) is 24.6. The Morgan fingerprint density at radius 1 is 0.452 bits per heavy atom. The van der Waals surface area contributed by atoms with Gasteiger partial charge in [-0.2, -0.15) is 0 Å². The van der Waals surface area contributed by atoms with Crippen molar-refractivity contribution in [2.45, 2.75) is 19.3 Å². The highest BCUT2D eigenvalue weighted by molar-refractivity contribution is 6.03. The highest BCUT2D eigenvalue weighted by Gasteiger charge is 2.40. The maximum atomic E-state index is 2.49. The van der Waals surface area contributed by atoms with E-state index in [0.717, 1.165) is 0 Å². The molecule has 6 aromatic carbocycles. The average molecular weight is 538 g/mol. The summed E-state index contributed by atoms with van der Waals surface area (Å²) in [6.45, 7) is 4.73. The quantitative estimate of drug-likeness (QED) is 0.210. The van der Waals surface area contributed by atoms with Crippen molar-refractivity contribution in [2.24, 2.45) is 0 Å². The molecule has 0 saturated heterocycles. The van der Waals surface area contributed by atoms with Gasteiger partial charge in [-0.05, 0) is 80.9 Å². The molecule has 1 aromatic heterocycles. The molecule has 1 nitrogen and oxygen atoms in total. The zero-order valence-electron chi connectivity index (χ0n) is 23.9. The summed E-state index contributed by atoms with van der Waals surface area (Å²) in [5, 5.41) is 1.32. The van der Waals surface area contributed by atoms with Gasteiger partial charge in [0, 0.05) is 27.7 Å². The van der Waals surface area contributed by atoms with Crippen LogP contribution in [0.1, 0.15) is 25.1 Å². The fraction of sp³-hybridized carbons (Fsp3) is 0.0732. The maximum absolute atomic E-state index is 2.49. The van der Waals surface area contributed by atoms with Gasteiger partial charge in [0.25, 0.3) is 0 Å². The number of aromatic nitrogens is 1. The first-order valence-corrected chi connectivity index (χ1v) is 14.7. The van der Waals surface area contributed by atoms with Gasteiger partial charge >= 0.3 is 0 Å². The van der Waals surface area contributed by atoms with Crippen LogP contribution in [0, 0.1) is 0 Å². The molecule has 0 spiro atoms. The zero-order chi connectivity index (χ0) is 28.3. The van der Waals surface area contributed by atoms with Crippen molar-refractivity contribution in [3.05, 3.63) is 163 Å². The fourth-order valence-corrected chi connectivity index (χ4v) is 6.94. The molecule has 0 atom stereocenters. The third-order valence-corrected chi connectivity index (χ3v) is 8.94. The lowest BCUT2D eigenvalue weighted by molar-refractivity contribution is 0.624. The molecule has 0 N–H and O–H groups in total. The molecule has 200 valence electrons. The van der Waals surface area contributed by atoms with Gasteiger partial charge in [0.1, 0.15) is 0 Å². The van der Waals surface area contributed by atoms with E-state index in [2.05, 4.69) is 170 Å². The molecule has 0 fully saturated rings.